The quantitative estimate of drug-likeness (QED) is 0.210. The number of carbonyl (C=O) groups excluding carboxylic acids is 2. The molecule has 0 aliphatic rings. The van der Waals surface area contributed by atoms with Crippen LogP contribution in [0.3, 0.4) is 0 Å². The standard InChI is InChI=1S/C32H37N5O2/c1-22-19-23(2)33-29(20-22)36(5)18-10-17-35(4)27-15-13-26(14-16-27)34-32(39)31(38)30-28(21-24(3)37(30)6)25-11-8-7-9-12-25/h7-9,11-16,19-21H,10,17-18H2,1-6H3,(H,34,39). The molecule has 1 amide bonds. The molecule has 39 heavy (non-hydrogen) atoms. The molecule has 0 fully saturated rings. The van der Waals surface area contributed by atoms with Gasteiger partial charge in [0.15, 0.2) is 0 Å². The van der Waals surface area contributed by atoms with E-state index in [4.69, 9.17) is 0 Å². The maximum atomic E-state index is 13.2. The average Bonchev–Trinajstić information content (AvgIpc) is 3.22. The van der Waals surface area contributed by atoms with Gasteiger partial charge in [0.05, 0.1) is 0 Å². The van der Waals surface area contributed by atoms with Crippen molar-refractivity contribution < 1.29 is 9.59 Å². The second-order valence-electron chi connectivity index (χ2n) is 10.1. The Morgan fingerprint density at radius 1 is 0.872 bits per heavy atom. The van der Waals surface area contributed by atoms with E-state index in [1.54, 1.807) is 4.57 Å². The number of hydrogen-bond acceptors (Lipinski definition) is 5. The fraction of sp³-hybridized carbons (Fsp3) is 0.281. The summed E-state index contributed by atoms with van der Waals surface area (Å²) in [5.41, 5.74) is 6.81. The largest absolute Gasteiger partial charge is 0.375 e. The highest BCUT2D eigenvalue weighted by atomic mass is 16.2. The number of benzene rings is 2. The maximum Gasteiger partial charge on any atom is 0.298 e. The van der Waals surface area contributed by atoms with E-state index in [2.05, 4.69) is 53.3 Å². The van der Waals surface area contributed by atoms with Gasteiger partial charge in [0.25, 0.3) is 11.7 Å². The van der Waals surface area contributed by atoms with Gasteiger partial charge in [0.1, 0.15) is 11.5 Å². The predicted molar refractivity (Wildman–Crippen MR) is 160 cm³/mol. The minimum absolute atomic E-state index is 0.383. The van der Waals surface area contributed by atoms with Gasteiger partial charge in [-0.3, -0.25) is 9.59 Å². The summed E-state index contributed by atoms with van der Waals surface area (Å²) >= 11 is 0. The van der Waals surface area contributed by atoms with Gasteiger partial charge in [-0.2, -0.15) is 0 Å². The number of nitrogens with zero attached hydrogens (tertiary/aromatic N) is 4. The number of ketones is 1. The van der Waals surface area contributed by atoms with E-state index in [9.17, 15) is 9.59 Å². The zero-order chi connectivity index (χ0) is 28.1. The Morgan fingerprint density at radius 3 is 2.21 bits per heavy atom. The monoisotopic (exact) mass is 523 g/mol. The highest BCUT2D eigenvalue weighted by Gasteiger charge is 2.25. The highest BCUT2D eigenvalue weighted by molar-refractivity contribution is 6.47. The minimum atomic E-state index is -0.655. The van der Waals surface area contributed by atoms with Crippen LogP contribution in [-0.4, -0.2) is 48.4 Å². The second-order valence-corrected chi connectivity index (χ2v) is 10.1. The molecule has 0 saturated carbocycles. The van der Waals surface area contributed by atoms with Crippen LogP contribution >= 0.6 is 0 Å². The third-order valence-electron chi connectivity index (χ3n) is 7.01. The van der Waals surface area contributed by atoms with Crippen LogP contribution in [0.25, 0.3) is 11.1 Å². The molecule has 2 aromatic heterocycles. The number of amides is 1. The topological polar surface area (TPSA) is 70.5 Å². The molecule has 0 aliphatic heterocycles. The van der Waals surface area contributed by atoms with E-state index < -0.39 is 11.7 Å². The summed E-state index contributed by atoms with van der Waals surface area (Å²) in [5, 5.41) is 2.77. The first-order chi connectivity index (χ1) is 18.6. The zero-order valence-corrected chi connectivity index (χ0v) is 23.7. The third kappa shape index (κ3) is 6.55. The van der Waals surface area contributed by atoms with Crippen molar-refractivity contribution in [2.24, 2.45) is 7.05 Å². The van der Waals surface area contributed by atoms with Gasteiger partial charge in [-0.1, -0.05) is 30.3 Å². The van der Waals surface area contributed by atoms with Crippen molar-refractivity contribution in [3.05, 3.63) is 95.4 Å². The lowest BCUT2D eigenvalue weighted by atomic mass is 10.0. The van der Waals surface area contributed by atoms with Crippen LogP contribution in [0.4, 0.5) is 17.2 Å². The summed E-state index contributed by atoms with van der Waals surface area (Å²) in [5.74, 6) is -0.225. The van der Waals surface area contributed by atoms with E-state index >= 15 is 0 Å². The van der Waals surface area contributed by atoms with Crippen molar-refractivity contribution in [1.82, 2.24) is 9.55 Å². The molecule has 0 bridgehead atoms. The van der Waals surface area contributed by atoms with Gasteiger partial charge in [0, 0.05) is 62.6 Å². The number of hydrogen-bond donors (Lipinski definition) is 1. The average molecular weight is 524 g/mol. The molecule has 0 atom stereocenters. The first kappa shape index (κ1) is 27.6. The van der Waals surface area contributed by atoms with Crippen LogP contribution in [0.1, 0.15) is 33.9 Å². The number of carbonyl (C=O) groups is 2. The lowest BCUT2D eigenvalue weighted by molar-refractivity contribution is -0.112. The normalized spacial score (nSPS) is 10.8. The lowest BCUT2D eigenvalue weighted by Crippen LogP contribution is -2.26. The molecule has 202 valence electrons. The summed E-state index contributed by atoms with van der Waals surface area (Å²) in [4.78, 5) is 35.2. The van der Waals surface area contributed by atoms with Crippen LogP contribution in [0.15, 0.2) is 72.8 Å². The number of anilines is 3. The molecule has 4 aromatic rings. The van der Waals surface area contributed by atoms with E-state index in [0.717, 1.165) is 53.5 Å². The summed E-state index contributed by atoms with van der Waals surface area (Å²) in [6, 6.07) is 23.4. The molecule has 0 unspecified atom stereocenters. The minimum Gasteiger partial charge on any atom is -0.375 e. The number of rotatable bonds is 10. The van der Waals surface area contributed by atoms with Crippen molar-refractivity contribution >= 4 is 28.9 Å². The molecule has 2 heterocycles. The van der Waals surface area contributed by atoms with E-state index in [1.807, 2.05) is 81.6 Å². The summed E-state index contributed by atoms with van der Waals surface area (Å²) < 4.78 is 1.77. The Labute approximate surface area is 231 Å². The van der Waals surface area contributed by atoms with E-state index in [-0.39, 0.29) is 0 Å². The first-order valence-corrected chi connectivity index (χ1v) is 13.2. The fourth-order valence-electron chi connectivity index (χ4n) is 4.74. The van der Waals surface area contributed by atoms with Gasteiger partial charge in [-0.05, 0) is 80.8 Å². The number of nitrogens with one attached hydrogen (secondary N) is 1. The smallest absolute Gasteiger partial charge is 0.298 e. The van der Waals surface area contributed by atoms with Gasteiger partial charge < -0.3 is 19.7 Å². The summed E-state index contributed by atoms with van der Waals surface area (Å²) in [6.45, 7) is 7.79. The molecule has 2 aromatic carbocycles. The predicted octanol–water partition coefficient (Wildman–Crippen LogP) is 5.80. The molecule has 7 nitrogen and oxygen atoms in total. The Hall–Kier alpha value is -4.39. The van der Waals surface area contributed by atoms with E-state index in [1.165, 1.54) is 5.56 Å². The van der Waals surface area contributed by atoms with Crippen LogP contribution in [-0.2, 0) is 11.8 Å². The summed E-state index contributed by atoms with van der Waals surface area (Å²) in [7, 11) is 5.93. The molecule has 7 heteroatoms. The van der Waals surface area contributed by atoms with Gasteiger partial charge in [-0.25, -0.2) is 4.98 Å². The van der Waals surface area contributed by atoms with Crippen LogP contribution in [0.2, 0.25) is 0 Å². The molecule has 0 radical (unpaired) electrons. The number of pyridine rings is 1. The number of aromatic nitrogens is 2. The molecular formula is C32H37N5O2. The van der Waals surface area contributed by atoms with E-state index in [0.29, 0.717) is 11.4 Å². The first-order valence-electron chi connectivity index (χ1n) is 13.2. The van der Waals surface area contributed by atoms with Crippen molar-refractivity contribution in [2.45, 2.75) is 27.2 Å². The van der Waals surface area contributed by atoms with Gasteiger partial charge in [0.2, 0.25) is 0 Å². The van der Waals surface area contributed by atoms with Crippen molar-refractivity contribution in [3.8, 4) is 11.1 Å². The third-order valence-corrected chi connectivity index (χ3v) is 7.01. The van der Waals surface area contributed by atoms with Crippen LogP contribution in [0.5, 0.6) is 0 Å². The van der Waals surface area contributed by atoms with Crippen molar-refractivity contribution in [1.29, 1.82) is 0 Å². The number of aryl methyl sites for hydroxylation is 3. The Bertz CT molecular complexity index is 1440. The maximum absolute atomic E-state index is 13.2. The van der Waals surface area contributed by atoms with Gasteiger partial charge >= 0.3 is 0 Å². The number of Topliss-reactive ketones (excluding diaryl/α,β-unsaturated/α-hetero) is 1. The molecular weight excluding hydrogens is 486 g/mol. The van der Waals surface area contributed by atoms with Crippen molar-refractivity contribution in [2.75, 3.05) is 42.3 Å². The molecule has 1 N–H and O–H groups in total. The van der Waals surface area contributed by atoms with Crippen LogP contribution in [0, 0.1) is 20.8 Å². The molecule has 0 spiro atoms. The SMILES string of the molecule is Cc1cc(C)nc(N(C)CCCN(C)c2ccc(NC(=O)C(=O)c3c(-c4ccccc4)cc(C)n3C)cc2)c1. The molecule has 4 rings (SSSR count). The Kier molecular flexibility index (Phi) is 8.49. The Morgan fingerprint density at radius 2 is 1.54 bits per heavy atom. The highest BCUT2D eigenvalue weighted by Crippen LogP contribution is 2.27. The van der Waals surface area contributed by atoms with Gasteiger partial charge in [-0.15, -0.1) is 0 Å². The lowest BCUT2D eigenvalue weighted by Gasteiger charge is -2.23. The zero-order valence-electron chi connectivity index (χ0n) is 23.7. The molecule has 0 saturated heterocycles. The summed E-state index contributed by atoms with van der Waals surface area (Å²) in [6.07, 6.45) is 0.967. The molecule has 0 aliphatic carbocycles. The van der Waals surface area contributed by atoms with Crippen LogP contribution < -0.4 is 15.1 Å². The Balaban J connectivity index is 1.35. The second kappa shape index (κ2) is 12.0. The fourth-order valence-corrected chi connectivity index (χ4v) is 4.74. The van der Waals surface area contributed by atoms with Crippen molar-refractivity contribution in [3.63, 3.8) is 0 Å².